The molecule has 4 aliphatic carbocycles. The van der Waals surface area contributed by atoms with E-state index >= 15 is 0 Å². The number of hydrogen-bond acceptors (Lipinski definition) is 2. The summed E-state index contributed by atoms with van der Waals surface area (Å²) in [4.78, 5) is 0. The average molecular weight is 180 g/mol. The van der Waals surface area contributed by atoms with Crippen molar-refractivity contribution in [3.05, 3.63) is 0 Å². The third kappa shape index (κ3) is 0.608. The molecule has 2 N–H and O–H groups in total. The topological polar surface area (TPSA) is 40.5 Å². The highest BCUT2D eigenvalue weighted by Gasteiger charge is 2.68. The van der Waals surface area contributed by atoms with Gasteiger partial charge in [0.15, 0.2) is 0 Å². The Morgan fingerprint density at radius 2 is 1.08 bits per heavy atom. The Balaban J connectivity index is 1.86. The molecule has 4 aliphatic rings. The smallest absolute Gasteiger partial charge is 0.0577 e. The van der Waals surface area contributed by atoms with Gasteiger partial charge >= 0.3 is 0 Å². The van der Waals surface area contributed by atoms with Gasteiger partial charge in [0.05, 0.1) is 12.2 Å². The zero-order chi connectivity index (χ0) is 8.74. The van der Waals surface area contributed by atoms with Crippen LogP contribution in [-0.4, -0.2) is 22.4 Å². The van der Waals surface area contributed by atoms with Crippen molar-refractivity contribution < 1.29 is 10.2 Å². The molecule has 0 aliphatic heterocycles. The Labute approximate surface area is 78.0 Å². The van der Waals surface area contributed by atoms with E-state index in [9.17, 15) is 10.2 Å². The van der Waals surface area contributed by atoms with E-state index in [2.05, 4.69) is 0 Å². The summed E-state index contributed by atoms with van der Waals surface area (Å²) in [5.74, 6) is 4.07. The fourth-order valence-electron chi connectivity index (χ4n) is 5.41. The molecule has 8 atom stereocenters. The van der Waals surface area contributed by atoms with Gasteiger partial charge in [-0.3, -0.25) is 0 Å². The summed E-state index contributed by atoms with van der Waals surface area (Å²) in [6.45, 7) is 0. The van der Waals surface area contributed by atoms with E-state index < -0.39 is 0 Å². The fraction of sp³-hybridized carbons (Fsp3) is 1.00. The normalized spacial score (nSPS) is 72.5. The van der Waals surface area contributed by atoms with Crippen LogP contribution in [0.5, 0.6) is 0 Å². The summed E-state index contributed by atoms with van der Waals surface area (Å²) in [6.07, 6.45) is 3.24. The van der Waals surface area contributed by atoms with Crippen molar-refractivity contribution in [3.63, 3.8) is 0 Å². The van der Waals surface area contributed by atoms with Crippen LogP contribution in [0.3, 0.4) is 0 Å². The number of aliphatic hydroxyl groups is 2. The van der Waals surface area contributed by atoms with Gasteiger partial charge in [-0.2, -0.15) is 0 Å². The van der Waals surface area contributed by atoms with Crippen LogP contribution in [0.1, 0.15) is 19.3 Å². The van der Waals surface area contributed by atoms with Gasteiger partial charge in [0.25, 0.3) is 0 Å². The lowest BCUT2D eigenvalue weighted by molar-refractivity contribution is 0.0365. The van der Waals surface area contributed by atoms with Gasteiger partial charge in [0, 0.05) is 0 Å². The van der Waals surface area contributed by atoms with Crippen LogP contribution in [0.25, 0.3) is 0 Å². The minimum atomic E-state index is -0.0788. The standard InChI is InChI=1S/C11H16O2/c12-8-2-4-5-3-9(13)11-7(5)1-6(4)10(8)11/h4-13H,1-3H2/t4-,5-,6-,7+,8+,9+,10-,11-/m1/s1. The van der Waals surface area contributed by atoms with E-state index in [4.69, 9.17) is 0 Å². The van der Waals surface area contributed by atoms with Crippen molar-refractivity contribution in [1.82, 2.24) is 0 Å². The molecule has 0 heterocycles. The zero-order valence-corrected chi connectivity index (χ0v) is 7.63. The second kappa shape index (κ2) is 1.96. The van der Waals surface area contributed by atoms with E-state index in [-0.39, 0.29) is 12.2 Å². The van der Waals surface area contributed by atoms with E-state index in [1.807, 2.05) is 0 Å². The molecule has 0 aromatic carbocycles. The van der Waals surface area contributed by atoms with Gasteiger partial charge in [-0.05, 0) is 54.8 Å². The molecule has 0 spiro atoms. The van der Waals surface area contributed by atoms with Crippen molar-refractivity contribution >= 4 is 0 Å². The lowest BCUT2D eigenvalue weighted by atomic mass is 9.79. The van der Waals surface area contributed by atoms with Gasteiger partial charge in [0.1, 0.15) is 0 Å². The molecule has 0 aromatic rings. The lowest BCUT2D eigenvalue weighted by Gasteiger charge is -2.27. The van der Waals surface area contributed by atoms with E-state index in [1.165, 1.54) is 6.42 Å². The minimum Gasteiger partial charge on any atom is -0.393 e. The summed E-state index contributed by atoms with van der Waals surface area (Å²) in [5.41, 5.74) is 0. The van der Waals surface area contributed by atoms with Crippen LogP contribution in [0.2, 0.25) is 0 Å². The van der Waals surface area contributed by atoms with E-state index in [0.29, 0.717) is 11.8 Å². The van der Waals surface area contributed by atoms with E-state index in [0.717, 1.165) is 36.5 Å². The van der Waals surface area contributed by atoms with Gasteiger partial charge in [0.2, 0.25) is 0 Å². The Morgan fingerprint density at radius 3 is 1.54 bits per heavy atom. The Morgan fingerprint density at radius 1 is 0.615 bits per heavy atom. The zero-order valence-electron chi connectivity index (χ0n) is 7.63. The van der Waals surface area contributed by atoms with Gasteiger partial charge in [-0.15, -0.1) is 0 Å². The highest BCUT2D eigenvalue weighted by atomic mass is 16.3. The summed E-state index contributed by atoms with van der Waals surface area (Å²) in [7, 11) is 0. The van der Waals surface area contributed by atoms with Crippen molar-refractivity contribution in [1.29, 1.82) is 0 Å². The van der Waals surface area contributed by atoms with Crippen LogP contribution in [0.15, 0.2) is 0 Å². The molecule has 0 saturated heterocycles. The second-order valence-electron chi connectivity index (χ2n) is 5.65. The quantitative estimate of drug-likeness (QED) is 0.574. The molecule has 0 unspecified atom stereocenters. The Kier molecular flexibility index (Phi) is 1.09. The molecular formula is C11H16O2. The SMILES string of the molecule is O[C@H]1C[C@@H]2[C@H]3C[C@H](O)[C@H]4[C@H]3C[C@H]2[C@@H]41. The molecule has 2 heteroatoms. The van der Waals surface area contributed by atoms with Crippen molar-refractivity contribution in [2.24, 2.45) is 35.5 Å². The summed E-state index contributed by atoms with van der Waals surface area (Å²) >= 11 is 0. The molecule has 2 nitrogen and oxygen atoms in total. The van der Waals surface area contributed by atoms with Gasteiger partial charge < -0.3 is 10.2 Å². The van der Waals surface area contributed by atoms with Crippen LogP contribution in [0, 0.1) is 35.5 Å². The third-order valence-electron chi connectivity index (χ3n) is 5.54. The molecule has 0 aromatic heterocycles. The van der Waals surface area contributed by atoms with Crippen molar-refractivity contribution in [2.75, 3.05) is 0 Å². The first kappa shape index (κ1) is 7.24. The second-order valence-corrected chi connectivity index (χ2v) is 5.65. The van der Waals surface area contributed by atoms with Gasteiger partial charge in [-0.25, -0.2) is 0 Å². The predicted octanol–water partition coefficient (Wildman–Crippen LogP) is 0.630. The highest BCUT2D eigenvalue weighted by molar-refractivity contribution is 5.17. The van der Waals surface area contributed by atoms with E-state index in [1.54, 1.807) is 0 Å². The summed E-state index contributed by atoms with van der Waals surface area (Å²) < 4.78 is 0. The number of rotatable bonds is 0. The molecule has 4 rings (SSSR count). The number of aliphatic hydroxyl groups excluding tert-OH is 2. The predicted molar refractivity (Wildman–Crippen MR) is 46.8 cm³/mol. The van der Waals surface area contributed by atoms with Crippen molar-refractivity contribution in [2.45, 2.75) is 31.5 Å². The maximum Gasteiger partial charge on any atom is 0.0577 e. The number of fused-ring (bicyclic) bond motifs is 2. The first-order valence-electron chi connectivity index (χ1n) is 5.63. The molecule has 13 heavy (non-hydrogen) atoms. The van der Waals surface area contributed by atoms with Crippen LogP contribution in [0.4, 0.5) is 0 Å². The Bertz CT molecular complexity index is 235. The largest absolute Gasteiger partial charge is 0.393 e. The molecule has 72 valence electrons. The fourth-order valence-corrected chi connectivity index (χ4v) is 5.41. The van der Waals surface area contributed by atoms with Crippen LogP contribution < -0.4 is 0 Å². The molecule has 2 bridgehead atoms. The average Bonchev–Trinajstić information content (AvgIpc) is 2.67. The highest BCUT2D eigenvalue weighted by Crippen LogP contribution is 2.70. The first-order chi connectivity index (χ1) is 6.27. The lowest BCUT2D eigenvalue weighted by Crippen LogP contribution is -2.30. The third-order valence-corrected chi connectivity index (χ3v) is 5.54. The summed E-state index contributed by atoms with van der Waals surface area (Å²) in [5, 5.41) is 19.9. The summed E-state index contributed by atoms with van der Waals surface area (Å²) in [6, 6.07) is 0. The van der Waals surface area contributed by atoms with Crippen LogP contribution in [-0.2, 0) is 0 Å². The maximum absolute atomic E-state index is 9.93. The molecule has 0 amide bonds. The Hall–Kier alpha value is -0.0800. The first-order valence-corrected chi connectivity index (χ1v) is 5.63. The van der Waals surface area contributed by atoms with Crippen molar-refractivity contribution in [3.8, 4) is 0 Å². The monoisotopic (exact) mass is 180 g/mol. The molecule has 4 saturated carbocycles. The maximum atomic E-state index is 9.93. The number of hydrogen-bond donors (Lipinski definition) is 2. The van der Waals surface area contributed by atoms with Gasteiger partial charge in [-0.1, -0.05) is 0 Å². The molecular weight excluding hydrogens is 164 g/mol. The molecule has 0 radical (unpaired) electrons. The minimum absolute atomic E-state index is 0.0788. The van der Waals surface area contributed by atoms with Crippen LogP contribution >= 0.6 is 0 Å². The molecule has 4 fully saturated rings.